The third kappa shape index (κ3) is 1.66. The summed E-state index contributed by atoms with van der Waals surface area (Å²) >= 11 is 0. The van der Waals surface area contributed by atoms with E-state index in [2.05, 4.69) is 13.8 Å². The third-order valence-corrected chi connectivity index (χ3v) is 2.01. The lowest BCUT2D eigenvalue weighted by molar-refractivity contribution is -0.00632. The molecule has 0 aromatic rings. The molecule has 0 aromatic heterocycles. The van der Waals surface area contributed by atoms with Gasteiger partial charge in [0.15, 0.2) is 0 Å². The average Bonchev–Trinajstić information content (AvgIpc) is 1.80. The number of ether oxygens (including phenoxy) is 1. The van der Waals surface area contributed by atoms with E-state index in [1.165, 1.54) is 0 Å². The lowest BCUT2D eigenvalue weighted by atomic mass is 9.94. The lowest BCUT2D eigenvalue weighted by Crippen LogP contribution is -2.40. The van der Waals surface area contributed by atoms with E-state index < -0.39 is 0 Å². The minimum atomic E-state index is 0.265. The van der Waals surface area contributed by atoms with Crippen LogP contribution < -0.4 is 5.73 Å². The Labute approximate surface area is 56.4 Å². The van der Waals surface area contributed by atoms with Gasteiger partial charge in [-0.3, -0.25) is 0 Å². The van der Waals surface area contributed by atoms with Crippen LogP contribution in [0.2, 0.25) is 0 Å². The van der Waals surface area contributed by atoms with Crippen LogP contribution in [0.3, 0.4) is 0 Å². The van der Waals surface area contributed by atoms with Crippen LogP contribution in [0.15, 0.2) is 0 Å². The van der Waals surface area contributed by atoms with Gasteiger partial charge >= 0.3 is 0 Å². The summed E-state index contributed by atoms with van der Waals surface area (Å²) in [5, 5.41) is 0. The van der Waals surface area contributed by atoms with Gasteiger partial charge in [0.05, 0.1) is 12.7 Å². The average molecular weight is 129 g/mol. The third-order valence-electron chi connectivity index (χ3n) is 2.01. The van der Waals surface area contributed by atoms with Crippen molar-refractivity contribution < 1.29 is 4.74 Å². The lowest BCUT2D eigenvalue weighted by Gasteiger charge is -2.29. The van der Waals surface area contributed by atoms with Crippen LogP contribution in [0.5, 0.6) is 0 Å². The van der Waals surface area contributed by atoms with Gasteiger partial charge in [0.1, 0.15) is 0 Å². The molecule has 3 atom stereocenters. The van der Waals surface area contributed by atoms with E-state index >= 15 is 0 Å². The van der Waals surface area contributed by atoms with Crippen molar-refractivity contribution in [2.45, 2.75) is 32.4 Å². The van der Waals surface area contributed by atoms with Gasteiger partial charge in [-0.15, -0.1) is 0 Å². The highest BCUT2D eigenvalue weighted by molar-refractivity contribution is 4.75. The summed E-state index contributed by atoms with van der Waals surface area (Å²) in [6.07, 6.45) is 1.53. The fourth-order valence-corrected chi connectivity index (χ4v) is 1.21. The molecule has 9 heavy (non-hydrogen) atoms. The van der Waals surface area contributed by atoms with Crippen LogP contribution in [-0.4, -0.2) is 18.8 Å². The molecule has 0 bridgehead atoms. The van der Waals surface area contributed by atoms with Crippen LogP contribution in [-0.2, 0) is 4.74 Å². The highest BCUT2D eigenvalue weighted by Crippen LogP contribution is 2.17. The molecule has 0 radical (unpaired) electrons. The van der Waals surface area contributed by atoms with Crippen LogP contribution in [0.4, 0.5) is 0 Å². The topological polar surface area (TPSA) is 35.2 Å². The van der Waals surface area contributed by atoms with Crippen molar-refractivity contribution in [3.05, 3.63) is 0 Å². The molecule has 0 spiro atoms. The molecular weight excluding hydrogens is 114 g/mol. The van der Waals surface area contributed by atoms with Gasteiger partial charge < -0.3 is 10.5 Å². The first-order chi connectivity index (χ1) is 4.20. The standard InChI is InChI=1S/C7H15NO/c1-5-3-6(2)9-4-7(5)8/h5-7H,3-4,8H2,1-2H3/t5-,6?,7+/m0/s1. The molecule has 54 valence electrons. The zero-order valence-electron chi connectivity index (χ0n) is 6.13. The second-order valence-electron chi connectivity index (χ2n) is 3.02. The number of rotatable bonds is 0. The van der Waals surface area contributed by atoms with E-state index in [4.69, 9.17) is 10.5 Å². The fraction of sp³-hybridized carbons (Fsp3) is 1.00. The van der Waals surface area contributed by atoms with Crippen LogP contribution in [0, 0.1) is 5.92 Å². The monoisotopic (exact) mass is 129 g/mol. The first-order valence-corrected chi connectivity index (χ1v) is 3.57. The van der Waals surface area contributed by atoms with Crippen molar-refractivity contribution in [2.24, 2.45) is 11.7 Å². The van der Waals surface area contributed by atoms with E-state index in [1.807, 2.05) is 0 Å². The summed E-state index contributed by atoms with van der Waals surface area (Å²) in [6.45, 7) is 5.02. The smallest absolute Gasteiger partial charge is 0.0623 e. The van der Waals surface area contributed by atoms with Crippen LogP contribution in [0.1, 0.15) is 20.3 Å². The zero-order chi connectivity index (χ0) is 6.85. The summed E-state index contributed by atoms with van der Waals surface area (Å²) in [6, 6.07) is 0.265. The highest BCUT2D eigenvalue weighted by atomic mass is 16.5. The van der Waals surface area contributed by atoms with Gasteiger partial charge in [-0.05, 0) is 19.3 Å². The summed E-state index contributed by atoms with van der Waals surface area (Å²) in [5.74, 6) is 0.633. The number of hydrogen-bond acceptors (Lipinski definition) is 2. The molecule has 1 aliphatic rings. The summed E-state index contributed by atoms with van der Waals surface area (Å²) < 4.78 is 5.34. The molecule has 1 heterocycles. The van der Waals surface area contributed by atoms with E-state index in [-0.39, 0.29) is 6.04 Å². The van der Waals surface area contributed by atoms with Crippen molar-refractivity contribution in [3.63, 3.8) is 0 Å². The van der Waals surface area contributed by atoms with Gasteiger partial charge in [-0.2, -0.15) is 0 Å². The number of hydrogen-bond donors (Lipinski definition) is 1. The van der Waals surface area contributed by atoms with E-state index in [9.17, 15) is 0 Å². The molecule has 0 aromatic carbocycles. The Hall–Kier alpha value is -0.0800. The molecule has 1 saturated heterocycles. The van der Waals surface area contributed by atoms with Gasteiger partial charge in [0.2, 0.25) is 0 Å². The Morgan fingerprint density at radius 1 is 1.44 bits per heavy atom. The highest BCUT2D eigenvalue weighted by Gasteiger charge is 2.21. The molecule has 2 N–H and O–H groups in total. The minimum Gasteiger partial charge on any atom is -0.377 e. The maximum Gasteiger partial charge on any atom is 0.0623 e. The summed E-state index contributed by atoms with van der Waals surface area (Å²) in [5.41, 5.74) is 5.72. The number of nitrogens with two attached hydrogens (primary N) is 1. The van der Waals surface area contributed by atoms with Crippen molar-refractivity contribution in [1.82, 2.24) is 0 Å². The maximum absolute atomic E-state index is 5.72. The molecule has 0 amide bonds. The predicted octanol–water partition coefficient (Wildman–Crippen LogP) is 0.759. The molecule has 2 heteroatoms. The first kappa shape index (κ1) is 7.03. The summed E-state index contributed by atoms with van der Waals surface area (Å²) in [7, 11) is 0. The Kier molecular flexibility index (Phi) is 2.09. The Balaban J connectivity index is 2.35. The van der Waals surface area contributed by atoms with Crippen molar-refractivity contribution in [2.75, 3.05) is 6.61 Å². The first-order valence-electron chi connectivity index (χ1n) is 3.57. The Morgan fingerprint density at radius 3 is 2.56 bits per heavy atom. The molecule has 1 unspecified atom stereocenters. The largest absolute Gasteiger partial charge is 0.377 e. The molecule has 1 rings (SSSR count). The maximum atomic E-state index is 5.72. The Morgan fingerprint density at radius 2 is 2.11 bits per heavy atom. The van der Waals surface area contributed by atoms with E-state index in [1.54, 1.807) is 0 Å². The van der Waals surface area contributed by atoms with Crippen LogP contribution in [0.25, 0.3) is 0 Å². The van der Waals surface area contributed by atoms with Gasteiger partial charge in [-0.25, -0.2) is 0 Å². The second kappa shape index (κ2) is 2.67. The molecular formula is C7H15NO. The van der Waals surface area contributed by atoms with E-state index in [0.717, 1.165) is 13.0 Å². The molecule has 0 saturated carbocycles. The normalized spacial score (nSPS) is 45.0. The molecule has 2 nitrogen and oxygen atoms in total. The van der Waals surface area contributed by atoms with Gasteiger partial charge in [0.25, 0.3) is 0 Å². The molecule has 0 aliphatic carbocycles. The zero-order valence-corrected chi connectivity index (χ0v) is 6.13. The van der Waals surface area contributed by atoms with Crippen LogP contribution >= 0.6 is 0 Å². The van der Waals surface area contributed by atoms with Crippen molar-refractivity contribution in [3.8, 4) is 0 Å². The van der Waals surface area contributed by atoms with E-state index in [0.29, 0.717) is 12.0 Å². The minimum absolute atomic E-state index is 0.265. The summed E-state index contributed by atoms with van der Waals surface area (Å²) in [4.78, 5) is 0. The van der Waals surface area contributed by atoms with Crippen molar-refractivity contribution >= 4 is 0 Å². The molecule has 1 aliphatic heterocycles. The fourth-order valence-electron chi connectivity index (χ4n) is 1.21. The quantitative estimate of drug-likeness (QED) is 0.524. The predicted molar refractivity (Wildman–Crippen MR) is 37.2 cm³/mol. The SMILES string of the molecule is CC1C[C@H](C)[C@H](N)CO1. The van der Waals surface area contributed by atoms with Crippen molar-refractivity contribution in [1.29, 1.82) is 0 Å². The second-order valence-corrected chi connectivity index (χ2v) is 3.02. The Bertz CT molecular complexity index is 94.9. The van der Waals surface area contributed by atoms with Gasteiger partial charge in [-0.1, -0.05) is 6.92 Å². The van der Waals surface area contributed by atoms with Gasteiger partial charge in [0, 0.05) is 6.04 Å². The molecule has 1 fully saturated rings.